The van der Waals surface area contributed by atoms with Gasteiger partial charge in [0.05, 0.1) is 0 Å². The lowest BCUT2D eigenvalue weighted by Crippen LogP contribution is -2.23. The van der Waals surface area contributed by atoms with Crippen LogP contribution in [0.5, 0.6) is 0 Å². The molecule has 0 aromatic rings. The lowest BCUT2D eigenvalue weighted by Gasteiger charge is -2.11. The Labute approximate surface area is 47.5 Å². The molecule has 0 fully saturated rings. The molecule has 0 rings (SSSR count). The predicted molar refractivity (Wildman–Crippen MR) is 26.4 cm³/mol. The first-order valence-electron chi connectivity index (χ1n) is 2.32. The Morgan fingerprint density at radius 2 is 1.25 bits per heavy atom. The van der Waals surface area contributed by atoms with Crippen LogP contribution in [-0.4, -0.2) is 22.7 Å². The Hall–Kier alpha value is -0.160. The maximum Gasteiger partial charge on any atom is 0.119 e. The molecule has 0 bridgehead atoms. The molecule has 4 heteroatoms. The highest BCUT2D eigenvalue weighted by molar-refractivity contribution is 4.54. The summed E-state index contributed by atoms with van der Waals surface area (Å²) in [5.74, 6) is 0. The van der Waals surface area contributed by atoms with Crippen LogP contribution in [0, 0.1) is 0 Å². The number of hydrogen-bond donors (Lipinski definition) is 2. The highest BCUT2D eigenvalue weighted by Crippen LogP contribution is 1.97. The van der Waals surface area contributed by atoms with Gasteiger partial charge in [-0.25, -0.2) is 9.78 Å². The second kappa shape index (κ2) is 3.80. The Kier molecular flexibility index (Phi) is 3.72. The first kappa shape index (κ1) is 7.84. The third kappa shape index (κ3) is 2.23. The summed E-state index contributed by atoms with van der Waals surface area (Å²) in [6, 6.07) is 0. The largest absolute Gasteiger partial charge is 0.251 e. The summed E-state index contributed by atoms with van der Waals surface area (Å²) >= 11 is 0. The van der Waals surface area contributed by atoms with Crippen molar-refractivity contribution in [1.82, 2.24) is 0 Å². The van der Waals surface area contributed by atoms with Crippen LogP contribution in [0.1, 0.15) is 13.8 Å². The van der Waals surface area contributed by atoms with Gasteiger partial charge >= 0.3 is 0 Å². The molecule has 2 atom stereocenters. The zero-order valence-corrected chi connectivity index (χ0v) is 4.87. The van der Waals surface area contributed by atoms with Crippen molar-refractivity contribution in [1.29, 1.82) is 0 Å². The van der Waals surface area contributed by atoms with E-state index in [4.69, 9.17) is 10.5 Å². The highest BCUT2D eigenvalue weighted by Gasteiger charge is 2.11. The molecule has 0 saturated carbocycles. The van der Waals surface area contributed by atoms with Crippen LogP contribution >= 0.6 is 0 Å². The summed E-state index contributed by atoms with van der Waals surface area (Å²) in [7, 11) is 0. The van der Waals surface area contributed by atoms with Gasteiger partial charge < -0.3 is 0 Å². The molecule has 0 aromatic heterocycles. The second-order valence-corrected chi connectivity index (χ2v) is 1.62. The summed E-state index contributed by atoms with van der Waals surface area (Å²) in [5.41, 5.74) is 0. The Morgan fingerprint density at radius 3 is 1.38 bits per heavy atom. The SMILES string of the molecule is CC(OO)C(C)OO. The van der Waals surface area contributed by atoms with Crippen LogP contribution in [0.15, 0.2) is 0 Å². The third-order valence-electron chi connectivity index (χ3n) is 0.994. The Balaban J connectivity index is 3.29. The van der Waals surface area contributed by atoms with E-state index in [9.17, 15) is 0 Å². The molecule has 0 aromatic carbocycles. The van der Waals surface area contributed by atoms with Crippen molar-refractivity contribution < 1.29 is 20.3 Å². The summed E-state index contributed by atoms with van der Waals surface area (Å²) in [4.78, 5) is 7.64. The Morgan fingerprint density at radius 1 is 1.00 bits per heavy atom. The van der Waals surface area contributed by atoms with Gasteiger partial charge in [-0.2, -0.15) is 0 Å². The molecule has 2 N–H and O–H groups in total. The van der Waals surface area contributed by atoms with Crippen molar-refractivity contribution in [2.45, 2.75) is 26.1 Å². The molecule has 0 aliphatic carbocycles. The summed E-state index contributed by atoms with van der Waals surface area (Å²) in [6.45, 7) is 3.14. The lowest BCUT2D eigenvalue weighted by atomic mass is 10.3. The van der Waals surface area contributed by atoms with Gasteiger partial charge in [0.2, 0.25) is 0 Å². The van der Waals surface area contributed by atoms with Crippen LogP contribution in [-0.2, 0) is 9.78 Å². The van der Waals surface area contributed by atoms with Gasteiger partial charge in [0.15, 0.2) is 0 Å². The Bertz CT molecular complexity index is 48.0. The van der Waals surface area contributed by atoms with E-state index in [1.807, 2.05) is 0 Å². The third-order valence-corrected chi connectivity index (χ3v) is 0.994. The maximum absolute atomic E-state index is 7.95. The normalized spacial score (nSPS) is 18.0. The van der Waals surface area contributed by atoms with Crippen LogP contribution in [0.4, 0.5) is 0 Å². The number of rotatable bonds is 3. The van der Waals surface area contributed by atoms with Gasteiger partial charge in [0.1, 0.15) is 12.2 Å². The van der Waals surface area contributed by atoms with Gasteiger partial charge in [0, 0.05) is 0 Å². The minimum Gasteiger partial charge on any atom is -0.251 e. The van der Waals surface area contributed by atoms with Gasteiger partial charge in [-0.3, -0.25) is 10.5 Å². The molecule has 50 valence electrons. The smallest absolute Gasteiger partial charge is 0.119 e. The summed E-state index contributed by atoms with van der Waals surface area (Å²) in [6.07, 6.45) is -1.00. The first-order valence-corrected chi connectivity index (χ1v) is 2.32. The fourth-order valence-corrected chi connectivity index (χ4v) is 0.171. The van der Waals surface area contributed by atoms with E-state index in [1.165, 1.54) is 0 Å². The van der Waals surface area contributed by atoms with Gasteiger partial charge in [-0.15, -0.1) is 0 Å². The molecule has 0 radical (unpaired) electrons. The minimum absolute atomic E-state index is 0.500. The quantitative estimate of drug-likeness (QED) is 0.428. The summed E-state index contributed by atoms with van der Waals surface area (Å²) < 4.78 is 0. The topological polar surface area (TPSA) is 58.9 Å². The van der Waals surface area contributed by atoms with E-state index in [0.717, 1.165) is 0 Å². The summed E-state index contributed by atoms with van der Waals surface area (Å²) in [5, 5.41) is 15.9. The van der Waals surface area contributed by atoms with E-state index >= 15 is 0 Å². The van der Waals surface area contributed by atoms with Crippen molar-refractivity contribution in [2.24, 2.45) is 0 Å². The van der Waals surface area contributed by atoms with Crippen LogP contribution in [0.3, 0.4) is 0 Å². The van der Waals surface area contributed by atoms with E-state index in [0.29, 0.717) is 0 Å². The number of hydrogen-bond acceptors (Lipinski definition) is 4. The average Bonchev–Trinajstić information content (AvgIpc) is 1.84. The highest BCUT2D eigenvalue weighted by atomic mass is 17.1. The van der Waals surface area contributed by atoms with E-state index in [2.05, 4.69) is 9.78 Å². The van der Waals surface area contributed by atoms with Gasteiger partial charge in [0.25, 0.3) is 0 Å². The molecular weight excluding hydrogens is 112 g/mol. The molecule has 0 spiro atoms. The molecule has 4 nitrogen and oxygen atoms in total. The lowest BCUT2D eigenvalue weighted by molar-refractivity contribution is -0.347. The average molecular weight is 122 g/mol. The van der Waals surface area contributed by atoms with Gasteiger partial charge in [-0.05, 0) is 13.8 Å². The molecule has 0 saturated heterocycles. The minimum atomic E-state index is -0.500. The monoisotopic (exact) mass is 122 g/mol. The molecular formula is C4H10O4. The predicted octanol–water partition coefficient (Wildman–Crippen LogP) is 0.743. The van der Waals surface area contributed by atoms with Crippen LogP contribution in [0.25, 0.3) is 0 Å². The van der Waals surface area contributed by atoms with Crippen molar-refractivity contribution in [2.75, 3.05) is 0 Å². The van der Waals surface area contributed by atoms with Crippen molar-refractivity contribution in [3.8, 4) is 0 Å². The van der Waals surface area contributed by atoms with Crippen LogP contribution < -0.4 is 0 Å². The molecule has 0 heterocycles. The second-order valence-electron chi connectivity index (χ2n) is 1.62. The molecule has 2 unspecified atom stereocenters. The molecule has 0 aliphatic heterocycles. The van der Waals surface area contributed by atoms with Crippen molar-refractivity contribution in [3.05, 3.63) is 0 Å². The van der Waals surface area contributed by atoms with Gasteiger partial charge in [-0.1, -0.05) is 0 Å². The van der Waals surface area contributed by atoms with Crippen molar-refractivity contribution in [3.63, 3.8) is 0 Å². The van der Waals surface area contributed by atoms with E-state index in [-0.39, 0.29) is 0 Å². The van der Waals surface area contributed by atoms with Crippen LogP contribution in [0.2, 0.25) is 0 Å². The zero-order valence-electron chi connectivity index (χ0n) is 4.87. The standard InChI is InChI=1S/C4H10O4/c1-3(7-5)4(2)8-6/h3-6H,1-2H3. The van der Waals surface area contributed by atoms with Crippen molar-refractivity contribution >= 4 is 0 Å². The molecule has 0 amide bonds. The fourth-order valence-electron chi connectivity index (χ4n) is 0.171. The zero-order chi connectivity index (χ0) is 6.57. The fraction of sp³-hybridized carbons (Fsp3) is 1.00. The first-order chi connectivity index (χ1) is 3.72. The molecule has 8 heavy (non-hydrogen) atoms. The maximum atomic E-state index is 7.95. The van der Waals surface area contributed by atoms with E-state index < -0.39 is 12.2 Å². The molecule has 0 aliphatic rings. The van der Waals surface area contributed by atoms with E-state index in [1.54, 1.807) is 13.8 Å².